The number of hydrogen-bond donors (Lipinski definition) is 3. The summed E-state index contributed by atoms with van der Waals surface area (Å²) in [5, 5.41) is 4.80. The number of nitrogens with one attached hydrogen (secondary N) is 2. The van der Waals surface area contributed by atoms with E-state index in [0.717, 1.165) is 81.6 Å². The molecular formula is C28H39N7. The van der Waals surface area contributed by atoms with Crippen LogP contribution in [0.3, 0.4) is 0 Å². The number of piperazine rings is 1. The summed E-state index contributed by atoms with van der Waals surface area (Å²) in [5.74, 6) is 0.810. The predicted octanol–water partition coefficient (Wildman–Crippen LogP) is 3.37. The molecule has 2 aromatic carbocycles. The summed E-state index contributed by atoms with van der Waals surface area (Å²) in [4.78, 5) is 15.4. The van der Waals surface area contributed by atoms with Crippen LogP contribution < -0.4 is 11.1 Å². The zero-order valence-corrected chi connectivity index (χ0v) is 21.1. The van der Waals surface area contributed by atoms with Gasteiger partial charge in [-0.25, -0.2) is 0 Å². The first-order valence-corrected chi connectivity index (χ1v) is 12.5. The number of hydrogen-bond acceptors (Lipinski definition) is 5. The lowest BCUT2D eigenvalue weighted by Crippen LogP contribution is -2.47. The molecule has 1 saturated heterocycles. The lowest BCUT2D eigenvalue weighted by molar-refractivity contribution is 0.134. The molecule has 0 saturated carbocycles. The number of amidine groups is 1. The van der Waals surface area contributed by atoms with Crippen LogP contribution in [-0.2, 0) is 6.54 Å². The Hall–Kier alpha value is -3.13. The Morgan fingerprint density at radius 1 is 1.06 bits per heavy atom. The van der Waals surface area contributed by atoms with Crippen LogP contribution in [-0.4, -0.2) is 85.4 Å². The molecule has 0 atom stereocenters. The highest BCUT2D eigenvalue weighted by Crippen LogP contribution is 2.20. The molecule has 0 spiro atoms. The van der Waals surface area contributed by atoms with Crippen molar-refractivity contribution >= 4 is 22.4 Å². The van der Waals surface area contributed by atoms with Gasteiger partial charge in [0.2, 0.25) is 0 Å². The molecule has 186 valence electrons. The van der Waals surface area contributed by atoms with E-state index in [-0.39, 0.29) is 0 Å². The van der Waals surface area contributed by atoms with Crippen LogP contribution >= 0.6 is 0 Å². The summed E-state index contributed by atoms with van der Waals surface area (Å²) < 4.78 is 0. The first-order chi connectivity index (χ1) is 17.0. The molecule has 0 amide bonds. The maximum atomic E-state index is 6.26. The molecule has 0 radical (unpaired) electrons. The third-order valence-electron chi connectivity index (χ3n) is 6.49. The van der Waals surface area contributed by atoms with Crippen LogP contribution in [0, 0.1) is 0 Å². The van der Waals surface area contributed by atoms with Crippen molar-refractivity contribution < 1.29 is 0 Å². The first kappa shape index (κ1) is 25.0. The SMILES string of the molecule is C=C(CN1CCN(Cc2c[nH]c3ccccc23)CC1)NC(=NCCCN(C)C)c1ccccc1N. The van der Waals surface area contributed by atoms with Gasteiger partial charge in [-0.2, -0.15) is 0 Å². The molecule has 1 aliphatic rings. The fourth-order valence-electron chi connectivity index (χ4n) is 4.57. The molecule has 0 aliphatic carbocycles. The standard InChI is InChI=1S/C28H39N7/c1-22(32-28(30-13-8-14-33(2)3)25-10-4-6-11-26(25)29)20-34-15-17-35(18-16-34)21-23-19-31-27-12-7-5-9-24(23)27/h4-7,9-12,19,31H,1,8,13-18,20-21,29H2,2-3H3,(H,30,32). The second-order valence-electron chi connectivity index (χ2n) is 9.61. The van der Waals surface area contributed by atoms with Gasteiger partial charge >= 0.3 is 0 Å². The Balaban J connectivity index is 1.30. The van der Waals surface area contributed by atoms with Gasteiger partial charge in [-0.1, -0.05) is 36.9 Å². The number of aromatic nitrogens is 1. The quantitative estimate of drug-likeness (QED) is 0.182. The maximum absolute atomic E-state index is 6.26. The van der Waals surface area contributed by atoms with Gasteiger partial charge in [0.15, 0.2) is 0 Å². The molecule has 7 heteroatoms. The zero-order chi connectivity index (χ0) is 24.6. The molecule has 2 heterocycles. The molecule has 1 fully saturated rings. The first-order valence-electron chi connectivity index (χ1n) is 12.5. The number of anilines is 1. The van der Waals surface area contributed by atoms with Crippen LogP contribution in [0.4, 0.5) is 5.69 Å². The van der Waals surface area contributed by atoms with Crippen LogP contribution in [0.2, 0.25) is 0 Å². The molecule has 0 unspecified atom stereocenters. The van der Waals surface area contributed by atoms with E-state index in [2.05, 4.69) is 76.1 Å². The molecule has 1 aromatic heterocycles. The van der Waals surface area contributed by atoms with Crippen LogP contribution in [0.25, 0.3) is 10.9 Å². The topological polar surface area (TPSA) is 75.9 Å². The predicted molar refractivity (Wildman–Crippen MR) is 148 cm³/mol. The summed E-state index contributed by atoms with van der Waals surface area (Å²) in [6.07, 6.45) is 3.15. The fourth-order valence-corrected chi connectivity index (χ4v) is 4.57. The summed E-state index contributed by atoms with van der Waals surface area (Å²) in [6, 6.07) is 16.4. The number of aliphatic imine (C=N–C) groups is 1. The smallest absolute Gasteiger partial charge is 0.134 e. The van der Waals surface area contributed by atoms with Gasteiger partial charge in [0, 0.05) is 79.9 Å². The molecule has 7 nitrogen and oxygen atoms in total. The number of nitrogen functional groups attached to an aromatic ring is 1. The molecule has 4 rings (SSSR count). The maximum Gasteiger partial charge on any atom is 0.134 e. The Kier molecular flexibility index (Phi) is 8.58. The minimum Gasteiger partial charge on any atom is -0.398 e. The lowest BCUT2D eigenvalue weighted by Gasteiger charge is -2.35. The van der Waals surface area contributed by atoms with Crippen molar-refractivity contribution in [3.05, 3.63) is 78.1 Å². The van der Waals surface area contributed by atoms with Crippen LogP contribution in [0.1, 0.15) is 17.5 Å². The van der Waals surface area contributed by atoms with Crippen LogP contribution in [0.15, 0.2) is 72.0 Å². The number of benzene rings is 2. The van der Waals surface area contributed by atoms with E-state index in [1.54, 1.807) is 0 Å². The Morgan fingerprint density at radius 2 is 1.77 bits per heavy atom. The number of nitrogens with zero attached hydrogens (tertiary/aromatic N) is 4. The van der Waals surface area contributed by atoms with Gasteiger partial charge < -0.3 is 20.9 Å². The van der Waals surface area contributed by atoms with Gasteiger partial charge in [0.25, 0.3) is 0 Å². The molecule has 35 heavy (non-hydrogen) atoms. The summed E-state index contributed by atoms with van der Waals surface area (Å²) in [5.41, 5.74) is 11.5. The number of nitrogens with two attached hydrogens (primary N) is 1. The van der Waals surface area contributed by atoms with E-state index in [1.807, 2.05) is 24.3 Å². The van der Waals surface area contributed by atoms with Crippen LogP contribution in [0.5, 0.6) is 0 Å². The summed E-state index contributed by atoms with van der Waals surface area (Å²) in [7, 11) is 4.17. The number of aromatic amines is 1. The third-order valence-corrected chi connectivity index (χ3v) is 6.49. The third kappa shape index (κ3) is 6.94. The summed E-state index contributed by atoms with van der Waals surface area (Å²) >= 11 is 0. The van der Waals surface area contributed by atoms with Gasteiger partial charge in [0.05, 0.1) is 0 Å². The van der Waals surface area contributed by atoms with Gasteiger partial charge in [0.1, 0.15) is 5.84 Å². The van der Waals surface area contributed by atoms with Crippen molar-refractivity contribution in [2.24, 2.45) is 4.99 Å². The second-order valence-corrected chi connectivity index (χ2v) is 9.61. The highest BCUT2D eigenvalue weighted by molar-refractivity contribution is 6.03. The van der Waals surface area contributed by atoms with E-state index in [1.165, 1.54) is 16.5 Å². The molecule has 4 N–H and O–H groups in total. The van der Waals surface area contributed by atoms with Crippen molar-refractivity contribution in [2.75, 3.05) is 65.6 Å². The fraction of sp³-hybridized carbons (Fsp3) is 0.393. The van der Waals surface area contributed by atoms with E-state index in [9.17, 15) is 0 Å². The van der Waals surface area contributed by atoms with Crippen molar-refractivity contribution in [3.63, 3.8) is 0 Å². The van der Waals surface area contributed by atoms with Crippen molar-refractivity contribution in [1.82, 2.24) is 25.0 Å². The van der Waals surface area contributed by atoms with Gasteiger partial charge in [-0.3, -0.25) is 14.8 Å². The minimum atomic E-state index is 0.727. The average molecular weight is 474 g/mol. The highest BCUT2D eigenvalue weighted by atomic mass is 15.3. The number of rotatable bonds is 10. The Bertz CT molecular complexity index is 1140. The van der Waals surface area contributed by atoms with Gasteiger partial charge in [-0.15, -0.1) is 0 Å². The largest absolute Gasteiger partial charge is 0.398 e. The minimum absolute atomic E-state index is 0.727. The highest BCUT2D eigenvalue weighted by Gasteiger charge is 2.19. The van der Waals surface area contributed by atoms with E-state index >= 15 is 0 Å². The van der Waals surface area contributed by atoms with E-state index < -0.39 is 0 Å². The number of para-hydroxylation sites is 2. The number of H-pyrrole nitrogens is 1. The normalized spacial score (nSPS) is 15.7. The van der Waals surface area contributed by atoms with E-state index in [4.69, 9.17) is 10.7 Å². The van der Waals surface area contributed by atoms with Crippen molar-refractivity contribution in [2.45, 2.75) is 13.0 Å². The molecule has 1 aliphatic heterocycles. The Labute approximate surface area is 209 Å². The second kappa shape index (κ2) is 12.0. The molecule has 0 bridgehead atoms. The van der Waals surface area contributed by atoms with Crippen molar-refractivity contribution in [1.29, 1.82) is 0 Å². The average Bonchev–Trinajstić information content (AvgIpc) is 3.25. The monoisotopic (exact) mass is 473 g/mol. The number of fused-ring (bicyclic) bond motifs is 1. The summed E-state index contributed by atoms with van der Waals surface area (Å²) in [6.45, 7) is 12.0. The Morgan fingerprint density at radius 3 is 2.54 bits per heavy atom. The molecule has 3 aromatic rings. The lowest BCUT2D eigenvalue weighted by atomic mass is 10.1. The van der Waals surface area contributed by atoms with Crippen molar-refractivity contribution in [3.8, 4) is 0 Å². The van der Waals surface area contributed by atoms with E-state index in [0.29, 0.717) is 0 Å². The van der Waals surface area contributed by atoms with Gasteiger partial charge in [-0.05, 0) is 50.8 Å². The molecular weight excluding hydrogens is 434 g/mol. The zero-order valence-electron chi connectivity index (χ0n) is 21.1.